The number of aliphatic hydroxyl groups is 1. The van der Waals surface area contributed by atoms with Crippen molar-refractivity contribution < 1.29 is 5.11 Å². The molecule has 2 aromatic rings. The van der Waals surface area contributed by atoms with Crippen molar-refractivity contribution in [2.45, 2.75) is 26.0 Å². The number of benzene rings is 1. The molecule has 90 valence electrons. The van der Waals surface area contributed by atoms with Crippen LogP contribution in [0.2, 0.25) is 0 Å². The van der Waals surface area contributed by atoms with Crippen LogP contribution in [-0.2, 0) is 13.0 Å². The fraction of sp³-hybridized carbons (Fsp3) is 0.308. The van der Waals surface area contributed by atoms with Crippen LogP contribution in [0.5, 0.6) is 0 Å². The Bertz CT molecular complexity index is 496. The highest BCUT2D eigenvalue weighted by molar-refractivity contribution is 14.1. The second-order valence-corrected chi connectivity index (χ2v) is 5.22. The maximum Gasteiger partial charge on any atom is 0.0831 e. The zero-order chi connectivity index (χ0) is 12.3. The minimum absolute atomic E-state index is 0.459. The van der Waals surface area contributed by atoms with Gasteiger partial charge in [-0.25, -0.2) is 0 Å². The molecule has 0 aliphatic carbocycles. The first kappa shape index (κ1) is 12.6. The fourth-order valence-electron chi connectivity index (χ4n) is 1.74. The summed E-state index contributed by atoms with van der Waals surface area (Å²) in [5.74, 6) is 0. The van der Waals surface area contributed by atoms with E-state index in [0.29, 0.717) is 6.42 Å². The molecular weight excluding hydrogens is 327 g/mol. The largest absolute Gasteiger partial charge is 0.388 e. The van der Waals surface area contributed by atoms with Crippen LogP contribution in [-0.4, -0.2) is 14.9 Å². The number of hydrogen-bond donors (Lipinski definition) is 1. The third-order valence-corrected chi connectivity index (χ3v) is 3.34. The second kappa shape index (κ2) is 5.64. The summed E-state index contributed by atoms with van der Waals surface area (Å²) in [4.78, 5) is 0. The van der Waals surface area contributed by atoms with Gasteiger partial charge in [0.1, 0.15) is 0 Å². The molecule has 1 heterocycles. The highest BCUT2D eigenvalue weighted by atomic mass is 127. The summed E-state index contributed by atoms with van der Waals surface area (Å²) in [6.45, 7) is 2.91. The molecule has 1 aromatic carbocycles. The third-order valence-electron chi connectivity index (χ3n) is 2.67. The first-order valence-corrected chi connectivity index (χ1v) is 6.71. The molecule has 0 aliphatic rings. The summed E-state index contributed by atoms with van der Waals surface area (Å²) in [6.07, 6.45) is 3.96. The van der Waals surface area contributed by atoms with Crippen molar-refractivity contribution >= 4 is 22.6 Å². The quantitative estimate of drug-likeness (QED) is 0.868. The molecule has 0 aliphatic heterocycles. The molecule has 0 saturated carbocycles. The summed E-state index contributed by atoms with van der Waals surface area (Å²) in [5.41, 5.74) is 2.03. The fourth-order valence-corrected chi connectivity index (χ4v) is 2.31. The smallest absolute Gasteiger partial charge is 0.0831 e. The van der Waals surface area contributed by atoms with E-state index in [9.17, 15) is 5.11 Å². The standard InChI is InChI=1S/C13H15IN2O/c1-2-16-9-10(8-15-16)6-13(17)11-4-3-5-12(14)7-11/h3-5,7-9,13,17H,2,6H2,1H3. The molecule has 0 bridgehead atoms. The summed E-state index contributed by atoms with van der Waals surface area (Å²) >= 11 is 2.25. The Labute approximate surface area is 115 Å². The highest BCUT2D eigenvalue weighted by Crippen LogP contribution is 2.19. The van der Waals surface area contributed by atoms with E-state index in [1.165, 1.54) is 0 Å². The van der Waals surface area contributed by atoms with Crippen LogP contribution in [0.15, 0.2) is 36.7 Å². The van der Waals surface area contributed by atoms with E-state index >= 15 is 0 Å². The van der Waals surface area contributed by atoms with E-state index in [4.69, 9.17) is 0 Å². The van der Waals surface area contributed by atoms with E-state index in [1.807, 2.05) is 48.3 Å². The maximum atomic E-state index is 10.1. The summed E-state index contributed by atoms with van der Waals surface area (Å²) in [6, 6.07) is 7.95. The molecular formula is C13H15IN2O. The molecule has 3 nitrogen and oxygen atoms in total. The number of hydrogen-bond acceptors (Lipinski definition) is 2. The molecule has 4 heteroatoms. The first-order chi connectivity index (χ1) is 8.19. The van der Waals surface area contributed by atoms with Gasteiger partial charge >= 0.3 is 0 Å². The van der Waals surface area contributed by atoms with Crippen molar-refractivity contribution in [3.8, 4) is 0 Å². The van der Waals surface area contributed by atoms with Crippen molar-refractivity contribution in [3.63, 3.8) is 0 Å². The zero-order valence-electron chi connectivity index (χ0n) is 9.68. The maximum absolute atomic E-state index is 10.1. The van der Waals surface area contributed by atoms with Crippen LogP contribution in [0, 0.1) is 3.57 Å². The number of aliphatic hydroxyl groups excluding tert-OH is 1. The second-order valence-electron chi connectivity index (χ2n) is 3.98. The molecule has 17 heavy (non-hydrogen) atoms. The Kier molecular flexibility index (Phi) is 4.17. The Morgan fingerprint density at radius 3 is 2.94 bits per heavy atom. The number of aromatic nitrogens is 2. The molecule has 0 fully saturated rings. The van der Waals surface area contributed by atoms with Gasteiger partial charge in [-0.1, -0.05) is 12.1 Å². The first-order valence-electron chi connectivity index (χ1n) is 5.64. The number of rotatable bonds is 4. The average molecular weight is 342 g/mol. The van der Waals surface area contributed by atoms with Gasteiger partial charge in [-0.2, -0.15) is 5.10 Å². The van der Waals surface area contributed by atoms with Gasteiger partial charge in [-0.3, -0.25) is 4.68 Å². The van der Waals surface area contributed by atoms with Gasteiger partial charge in [0.25, 0.3) is 0 Å². The minimum Gasteiger partial charge on any atom is -0.388 e. The van der Waals surface area contributed by atoms with Crippen LogP contribution in [0.25, 0.3) is 0 Å². The van der Waals surface area contributed by atoms with Gasteiger partial charge in [0.15, 0.2) is 0 Å². The lowest BCUT2D eigenvalue weighted by Gasteiger charge is -2.09. The predicted octanol–water partition coefficient (Wildman–Crippen LogP) is 2.78. The average Bonchev–Trinajstić information content (AvgIpc) is 2.77. The molecule has 0 saturated heterocycles. The van der Waals surface area contributed by atoms with Gasteiger partial charge in [0.05, 0.1) is 12.3 Å². The molecule has 0 spiro atoms. The van der Waals surface area contributed by atoms with Gasteiger partial charge in [-0.15, -0.1) is 0 Å². The lowest BCUT2D eigenvalue weighted by atomic mass is 10.0. The van der Waals surface area contributed by atoms with Crippen LogP contribution < -0.4 is 0 Å². The van der Waals surface area contributed by atoms with Crippen LogP contribution >= 0.6 is 22.6 Å². The van der Waals surface area contributed by atoms with E-state index in [1.54, 1.807) is 0 Å². The minimum atomic E-state index is -0.459. The van der Waals surface area contributed by atoms with E-state index in [-0.39, 0.29) is 0 Å². The number of nitrogens with zero attached hydrogens (tertiary/aromatic N) is 2. The van der Waals surface area contributed by atoms with Crippen molar-refractivity contribution in [2.75, 3.05) is 0 Å². The normalized spacial score (nSPS) is 12.6. The van der Waals surface area contributed by atoms with Gasteiger partial charge in [0.2, 0.25) is 0 Å². The monoisotopic (exact) mass is 342 g/mol. The SMILES string of the molecule is CCn1cc(CC(O)c2cccc(I)c2)cn1. The lowest BCUT2D eigenvalue weighted by Crippen LogP contribution is -2.01. The zero-order valence-corrected chi connectivity index (χ0v) is 11.8. The highest BCUT2D eigenvalue weighted by Gasteiger charge is 2.10. The van der Waals surface area contributed by atoms with E-state index in [2.05, 4.69) is 27.7 Å². The summed E-state index contributed by atoms with van der Waals surface area (Å²) in [5, 5.41) is 14.3. The number of halogens is 1. The molecule has 0 radical (unpaired) electrons. The summed E-state index contributed by atoms with van der Waals surface area (Å²) < 4.78 is 3.01. The van der Waals surface area contributed by atoms with Crippen LogP contribution in [0.1, 0.15) is 24.2 Å². The Morgan fingerprint density at radius 1 is 1.47 bits per heavy atom. The number of aryl methyl sites for hydroxylation is 1. The van der Waals surface area contributed by atoms with Crippen LogP contribution in [0.4, 0.5) is 0 Å². The molecule has 1 atom stereocenters. The third kappa shape index (κ3) is 3.29. The van der Waals surface area contributed by atoms with Crippen molar-refractivity contribution in [1.82, 2.24) is 9.78 Å². The molecule has 1 aromatic heterocycles. The Balaban J connectivity index is 2.08. The van der Waals surface area contributed by atoms with Crippen LogP contribution in [0.3, 0.4) is 0 Å². The van der Waals surface area contributed by atoms with Gasteiger partial charge in [0, 0.05) is 22.7 Å². The van der Waals surface area contributed by atoms with Crippen molar-refractivity contribution in [1.29, 1.82) is 0 Å². The lowest BCUT2D eigenvalue weighted by molar-refractivity contribution is 0.178. The predicted molar refractivity (Wildman–Crippen MR) is 75.7 cm³/mol. The van der Waals surface area contributed by atoms with Gasteiger partial charge in [-0.05, 0) is 52.8 Å². The summed E-state index contributed by atoms with van der Waals surface area (Å²) in [7, 11) is 0. The molecule has 1 unspecified atom stereocenters. The Morgan fingerprint density at radius 2 is 2.29 bits per heavy atom. The Hall–Kier alpha value is -0.880. The van der Waals surface area contributed by atoms with Crippen molar-refractivity contribution in [2.24, 2.45) is 0 Å². The molecule has 2 rings (SSSR count). The van der Waals surface area contributed by atoms with E-state index in [0.717, 1.165) is 21.2 Å². The van der Waals surface area contributed by atoms with E-state index < -0.39 is 6.10 Å². The molecule has 0 amide bonds. The van der Waals surface area contributed by atoms with Gasteiger partial charge < -0.3 is 5.11 Å². The van der Waals surface area contributed by atoms with Crippen molar-refractivity contribution in [3.05, 3.63) is 51.4 Å². The topological polar surface area (TPSA) is 38.0 Å². The molecule has 1 N–H and O–H groups in total.